The maximum absolute atomic E-state index is 12.5. The zero-order valence-electron chi connectivity index (χ0n) is 11.8. The van der Waals surface area contributed by atoms with E-state index in [-0.39, 0.29) is 5.91 Å². The van der Waals surface area contributed by atoms with Crippen molar-refractivity contribution in [2.45, 2.75) is 18.9 Å². The van der Waals surface area contributed by atoms with Gasteiger partial charge in [-0.25, -0.2) is 4.98 Å². The number of nitrogens with one attached hydrogen (secondary N) is 1. The summed E-state index contributed by atoms with van der Waals surface area (Å²) in [5.41, 5.74) is 1.14. The fourth-order valence-corrected chi connectivity index (χ4v) is 2.67. The van der Waals surface area contributed by atoms with Crippen molar-refractivity contribution in [3.05, 3.63) is 24.0 Å². The largest absolute Gasteiger partial charge is 0.337 e. The van der Waals surface area contributed by atoms with Crippen LogP contribution in [0.15, 0.2) is 18.3 Å². The highest BCUT2D eigenvalue weighted by Crippen LogP contribution is 2.17. The van der Waals surface area contributed by atoms with Gasteiger partial charge in [0, 0.05) is 18.5 Å². The topological polar surface area (TPSA) is 65.1 Å². The highest BCUT2D eigenvalue weighted by Gasteiger charge is 2.25. The molecule has 1 aliphatic heterocycles. The summed E-state index contributed by atoms with van der Waals surface area (Å²) in [6.07, 6.45) is 3.74. The molecule has 0 unspecified atom stereocenters. The average Bonchev–Trinajstić information content (AvgIpc) is 2.94. The van der Waals surface area contributed by atoms with E-state index in [1.807, 2.05) is 18.0 Å². The molecule has 2 aromatic heterocycles. The molecule has 20 heavy (non-hydrogen) atoms. The van der Waals surface area contributed by atoms with Crippen molar-refractivity contribution in [3.63, 3.8) is 0 Å². The standard InChI is InChI=1S/C14H19N5O/c1-18-7-5-11(6-8-18)19(2)14(20)12-4-3-10-9-15-17-13(10)16-12/h3-4,9,11H,5-8H2,1-2H3,(H,15,16,17). The van der Waals surface area contributed by atoms with Crippen molar-refractivity contribution in [1.82, 2.24) is 25.0 Å². The lowest BCUT2D eigenvalue weighted by Gasteiger charge is -2.34. The number of hydrogen-bond donors (Lipinski definition) is 1. The summed E-state index contributed by atoms with van der Waals surface area (Å²) in [5, 5.41) is 7.65. The molecule has 0 aliphatic carbocycles. The number of carbonyl (C=O) groups is 1. The van der Waals surface area contributed by atoms with Crippen molar-refractivity contribution in [1.29, 1.82) is 0 Å². The van der Waals surface area contributed by atoms with Gasteiger partial charge in [0.1, 0.15) is 5.69 Å². The Morgan fingerprint density at radius 1 is 1.40 bits per heavy atom. The molecule has 6 nitrogen and oxygen atoms in total. The van der Waals surface area contributed by atoms with Crippen LogP contribution in [0.3, 0.4) is 0 Å². The highest BCUT2D eigenvalue weighted by atomic mass is 16.2. The number of amides is 1. The van der Waals surface area contributed by atoms with Crippen molar-refractivity contribution in [3.8, 4) is 0 Å². The molecule has 1 N–H and O–H groups in total. The van der Waals surface area contributed by atoms with Crippen LogP contribution in [0, 0.1) is 0 Å². The summed E-state index contributed by atoms with van der Waals surface area (Å²) in [4.78, 5) is 21.0. The van der Waals surface area contributed by atoms with Crippen LogP contribution in [0.2, 0.25) is 0 Å². The molecule has 0 bridgehead atoms. The van der Waals surface area contributed by atoms with Crippen molar-refractivity contribution >= 4 is 16.9 Å². The van der Waals surface area contributed by atoms with Gasteiger partial charge in [-0.05, 0) is 45.1 Å². The molecule has 0 saturated carbocycles. The Bertz CT molecular complexity index is 615. The smallest absolute Gasteiger partial charge is 0.272 e. The second kappa shape index (κ2) is 5.20. The van der Waals surface area contributed by atoms with E-state index in [0.717, 1.165) is 31.3 Å². The number of piperidine rings is 1. The van der Waals surface area contributed by atoms with Gasteiger partial charge in [0.05, 0.1) is 6.20 Å². The Hall–Kier alpha value is -1.95. The number of carbonyl (C=O) groups excluding carboxylic acids is 1. The van der Waals surface area contributed by atoms with Gasteiger partial charge >= 0.3 is 0 Å². The van der Waals surface area contributed by atoms with Gasteiger partial charge in [-0.2, -0.15) is 5.10 Å². The normalized spacial score (nSPS) is 17.5. The van der Waals surface area contributed by atoms with Gasteiger partial charge in [0.25, 0.3) is 5.91 Å². The Labute approximate surface area is 117 Å². The lowest BCUT2D eigenvalue weighted by atomic mass is 10.0. The minimum Gasteiger partial charge on any atom is -0.337 e. The van der Waals surface area contributed by atoms with E-state index >= 15 is 0 Å². The molecule has 1 saturated heterocycles. The van der Waals surface area contributed by atoms with E-state index in [0.29, 0.717) is 17.4 Å². The number of hydrogen-bond acceptors (Lipinski definition) is 4. The Kier molecular flexibility index (Phi) is 3.40. The maximum atomic E-state index is 12.5. The van der Waals surface area contributed by atoms with E-state index < -0.39 is 0 Å². The first-order valence-corrected chi connectivity index (χ1v) is 6.91. The maximum Gasteiger partial charge on any atom is 0.272 e. The van der Waals surface area contributed by atoms with Gasteiger partial charge < -0.3 is 9.80 Å². The average molecular weight is 273 g/mol. The number of likely N-dealkylation sites (tertiary alicyclic amines) is 1. The van der Waals surface area contributed by atoms with Gasteiger partial charge in [0.2, 0.25) is 0 Å². The summed E-state index contributed by atoms with van der Waals surface area (Å²) in [6, 6.07) is 3.95. The molecule has 1 aliphatic rings. The predicted octanol–water partition coefficient (Wildman–Crippen LogP) is 1.12. The number of fused-ring (bicyclic) bond motifs is 1. The number of pyridine rings is 1. The van der Waals surface area contributed by atoms with E-state index in [1.165, 1.54) is 0 Å². The highest BCUT2D eigenvalue weighted by molar-refractivity contribution is 5.94. The molecular weight excluding hydrogens is 254 g/mol. The summed E-state index contributed by atoms with van der Waals surface area (Å²) < 4.78 is 0. The fraction of sp³-hybridized carbons (Fsp3) is 0.500. The second-order valence-electron chi connectivity index (χ2n) is 5.45. The molecule has 6 heteroatoms. The van der Waals surface area contributed by atoms with E-state index in [2.05, 4.69) is 27.1 Å². The molecule has 3 heterocycles. The van der Waals surface area contributed by atoms with Gasteiger partial charge in [-0.1, -0.05) is 0 Å². The number of aromatic amines is 1. The van der Waals surface area contributed by atoms with Crippen LogP contribution in [0.5, 0.6) is 0 Å². The summed E-state index contributed by atoms with van der Waals surface area (Å²) >= 11 is 0. The lowest BCUT2D eigenvalue weighted by Crippen LogP contribution is -2.44. The first-order valence-electron chi connectivity index (χ1n) is 6.91. The summed E-state index contributed by atoms with van der Waals surface area (Å²) in [7, 11) is 3.99. The number of nitrogens with zero attached hydrogens (tertiary/aromatic N) is 4. The van der Waals surface area contributed by atoms with Crippen molar-refractivity contribution in [2.24, 2.45) is 0 Å². The first kappa shape index (κ1) is 13.1. The van der Waals surface area contributed by atoms with Crippen LogP contribution >= 0.6 is 0 Å². The molecule has 106 valence electrons. The molecular formula is C14H19N5O. The molecule has 1 amide bonds. The molecule has 0 radical (unpaired) electrons. The monoisotopic (exact) mass is 273 g/mol. The third-order valence-corrected chi connectivity index (χ3v) is 4.08. The SMILES string of the molecule is CN1CCC(N(C)C(=O)c2ccc3cn[nH]c3n2)CC1. The van der Waals surface area contributed by atoms with Gasteiger partial charge in [-0.3, -0.25) is 9.89 Å². The van der Waals surface area contributed by atoms with Crippen LogP contribution < -0.4 is 0 Å². The number of aromatic nitrogens is 3. The summed E-state index contributed by atoms with van der Waals surface area (Å²) in [5.74, 6) is -0.0175. The Morgan fingerprint density at radius 3 is 2.90 bits per heavy atom. The van der Waals surface area contributed by atoms with Crippen LogP contribution in [0.1, 0.15) is 23.3 Å². The van der Waals surface area contributed by atoms with Crippen molar-refractivity contribution < 1.29 is 4.79 Å². The quantitative estimate of drug-likeness (QED) is 0.890. The second-order valence-corrected chi connectivity index (χ2v) is 5.45. The zero-order valence-corrected chi connectivity index (χ0v) is 11.8. The number of H-pyrrole nitrogens is 1. The van der Waals surface area contributed by atoms with Crippen LogP contribution in [-0.2, 0) is 0 Å². The minimum atomic E-state index is -0.0175. The van der Waals surface area contributed by atoms with Gasteiger partial charge in [0.15, 0.2) is 5.65 Å². The molecule has 1 fully saturated rings. The minimum absolute atomic E-state index is 0.0175. The molecule has 3 rings (SSSR count). The van der Waals surface area contributed by atoms with E-state index in [9.17, 15) is 4.79 Å². The third-order valence-electron chi connectivity index (χ3n) is 4.08. The molecule has 0 atom stereocenters. The summed E-state index contributed by atoms with van der Waals surface area (Å²) in [6.45, 7) is 2.07. The Morgan fingerprint density at radius 2 is 2.15 bits per heavy atom. The van der Waals surface area contributed by atoms with Crippen LogP contribution in [0.25, 0.3) is 11.0 Å². The molecule has 2 aromatic rings. The van der Waals surface area contributed by atoms with Crippen LogP contribution in [-0.4, -0.2) is 64.1 Å². The molecule has 0 spiro atoms. The van der Waals surface area contributed by atoms with Gasteiger partial charge in [-0.15, -0.1) is 0 Å². The predicted molar refractivity (Wildman–Crippen MR) is 76.5 cm³/mol. The van der Waals surface area contributed by atoms with Crippen molar-refractivity contribution in [2.75, 3.05) is 27.2 Å². The van der Waals surface area contributed by atoms with E-state index in [1.54, 1.807) is 12.3 Å². The number of rotatable bonds is 2. The zero-order chi connectivity index (χ0) is 14.1. The fourth-order valence-electron chi connectivity index (χ4n) is 2.67. The van der Waals surface area contributed by atoms with Crippen LogP contribution in [0.4, 0.5) is 0 Å². The third kappa shape index (κ3) is 2.38. The Balaban J connectivity index is 1.77. The first-order chi connectivity index (χ1) is 9.65. The lowest BCUT2D eigenvalue weighted by molar-refractivity contribution is 0.0654. The molecule has 0 aromatic carbocycles. The van der Waals surface area contributed by atoms with E-state index in [4.69, 9.17) is 0 Å².